The minimum absolute atomic E-state index is 0.0115. The Hall–Kier alpha value is -1.88. The number of carbonyl (C=O) groups is 2. The zero-order valence-electron chi connectivity index (χ0n) is 15.0. The lowest BCUT2D eigenvalue weighted by molar-refractivity contribution is -0.135. The van der Waals surface area contributed by atoms with Crippen LogP contribution in [0, 0.1) is 17.3 Å². The molecule has 0 aromatic heterocycles. The zero-order chi connectivity index (χ0) is 18.2. The van der Waals surface area contributed by atoms with Gasteiger partial charge in [-0.3, -0.25) is 4.79 Å². The number of ether oxygens (including phenoxy) is 1. The third kappa shape index (κ3) is 3.06. The highest BCUT2D eigenvalue weighted by Gasteiger charge is 2.53. The number of carbonyl (C=O) groups excluding carboxylic acids is 2. The first-order valence-electron chi connectivity index (χ1n) is 8.95. The van der Waals surface area contributed by atoms with Crippen LogP contribution in [0.5, 0.6) is 0 Å². The third-order valence-electron chi connectivity index (χ3n) is 6.34. The van der Waals surface area contributed by atoms with E-state index in [0.29, 0.717) is 18.6 Å². The number of esters is 1. The summed E-state index contributed by atoms with van der Waals surface area (Å²) in [6.45, 7) is 8.63. The molecular weight excluding hydrogens is 318 g/mol. The fourth-order valence-electron chi connectivity index (χ4n) is 4.94. The largest absolute Gasteiger partial charge is 0.458 e. The van der Waals surface area contributed by atoms with Gasteiger partial charge < -0.3 is 15.2 Å². The van der Waals surface area contributed by atoms with Crippen molar-refractivity contribution in [2.45, 2.75) is 45.1 Å². The van der Waals surface area contributed by atoms with Gasteiger partial charge >= 0.3 is 5.97 Å². The van der Waals surface area contributed by atoms with Crippen LogP contribution in [0.2, 0.25) is 0 Å². The average molecular weight is 345 g/mol. The molecule has 2 heterocycles. The molecule has 0 radical (unpaired) electrons. The number of aliphatic hydroxyl groups excluding tert-OH is 1. The van der Waals surface area contributed by atoms with Gasteiger partial charge in [-0.1, -0.05) is 31.2 Å². The molecular formula is C20H27NO4. The van der Waals surface area contributed by atoms with Gasteiger partial charge in [0.15, 0.2) is 0 Å². The van der Waals surface area contributed by atoms with Crippen LogP contribution in [-0.4, -0.2) is 35.7 Å². The standard InChI is InChI=1S/C20H27NO4/c1-13-4-7-16-19(2,10-8-17(23)21-20(16,3)12-22)15(13)6-5-14-9-11-25-18(14)24/h5-6,9,15-16,22H,1,4,7-8,10-12H2,2-3H3,(H,21,23)/b6-5+/t15-,16?,19+,20+/m1/s1. The van der Waals surface area contributed by atoms with Crippen LogP contribution in [0.1, 0.15) is 39.5 Å². The van der Waals surface area contributed by atoms with Crippen molar-refractivity contribution in [3.63, 3.8) is 0 Å². The van der Waals surface area contributed by atoms with E-state index in [1.54, 1.807) is 6.08 Å². The Morgan fingerprint density at radius 1 is 1.40 bits per heavy atom. The van der Waals surface area contributed by atoms with Gasteiger partial charge in [0, 0.05) is 12.3 Å². The lowest BCUT2D eigenvalue weighted by Gasteiger charge is -2.52. The van der Waals surface area contributed by atoms with Crippen molar-refractivity contribution < 1.29 is 19.4 Å². The first-order chi connectivity index (χ1) is 11.8. The van der Waals surface area contributed by atoms with E-state index in [0.717, 1.165) is 24.8 Å². The van der Waals surface area contributed by atoms with Crippen LogP contribution in [0.3, 0.4) is 0 Å². The van der Waals surface area contributed by atoms with Crippen LogP contribution in [0.4, 0.5) is 0 Å². The van der Waals surface area contributed by atoms with E-state index >= 15 is 0 Å². The molecule has 0 bridgehead atoms. The first kappa shape index (κ1) is 17.9. The number of fused-ring (bicyclic) bond motifs is 1. The molecule has 1 unspecified atom stereocenters. The van der Waals surface area contributed by atoms with E-state index in [4.69, 9.17) is 4.74 Å². The van der Waals surface area contributed by atoms with Crippen LogP contribution >= 0.6 is 0 Å². The van der Waals surface area contributed by atoms with Crippen LogP contribution < -0.4 is 5.32 Å². The zero-order valence-corrected chi connectivity index (χ0v) is 15.0. The molecule has 5 nitrogen and oxygen atoms in total. The second kappa shape index (κ2) is 6.45. The number of hydrogen-bond acceptors (Lipinski definition) is 4. The highest BCUT2D eigenvalue weighted by atomic mass is 16.5. The number of nitrogens with one attached hydrogen (secondary N) is 1. The molecule has 5 heteroatoms. The molecule has 3 rings (SSSR count). The van der Waals surface area contributed by atoms with Gasteiger partial charge in [0.05, 0.1) is 17.7 Å². The number of cyclic esters (lactones) is 1. The van der Waals surface area contributed by atoms with Gasteiger partial charge in [-0.05, 0) is 43.6 Å². The normalized spacial score (nSPS) is 38.8. The lowest BCUT2D eigenvalue weighted by Crippen LogP contribution is -2.58. The number of aliphatic hydroxyl groups is 1. The van der Waals surface area contributed by atoms with E-state index < -0.39 is 5.54 Å². The molecule has 1 saturated heterocycles. The van der Waals surface area contributed by atoms with Crippen molar-refractivity contribution in [3.8, 4) is 0 Å². The predicted molar refractivity (Wildman–Crippen MR) is 94.5 cm³/mol. The Labute approximate surface area is 148 Å². The third-order valence-corrected chi connectivity index (χ3v) is 6.34. The summed E-state index contributed by atoms with van der Waals surface area (Å²) in [5, 5.41) is 13.1. The molecule has 2 N–H and O–H groups in total. The second-order valence-electron chi connectivity index (χ2n) is 7.97. The Morgan fingerprint density at radius 3 is 2.80 bits per heavy atom. The number of rotatable bonds is 3. The topological polar surface area (TPSA) is 75.6 Å². The minimum atomic E-state index is -0.638. The van der Waals surface area contributed by atoms with Gasteiger partial charge in [-0.2, -0.15) is 0 Å². The van der Waals surface area contributed by atoms with Crippen molar-refractivity contribution in [1.82, 2.24) is 5.32 Å². The van der Waals surface area contributed by atoms with Crippen LogP contribution in [-0.2, 0) is 14.3 Å². The molecule has 25 heavy (non-hydrogen) atoms. The van der Waals surface area contributed by atoms with Crippen molar-refractivity contribution in [2.24, 2.45) is 17.3 Å². The Balaban J connectivity index is 1.96. The SMILES string of the molecule is C=C1CCC2[C@](C)(CO)NC(=O)CC[C@@]2(C)[C@@H]1/C=C/C1=CCOC1=O. The van der Waals surface area contributed by atoms with Gasteiger partial charge in [0.1, 0.15) is 6.61 Å². The van der Waals surface area contributed by atoms with E-state index in [9.17, 15) is 14.7 Å². The fourth-order valence-corrected chi connectivity index (χ4v) is 4.94. The van der Waals surface area contributed by atoms with Crippen LogP contribution in [0.15, 0.2) is 36.0 Å². The summed E-state index contributed by atoms with van der Waals surface area (Å²) < 4.78 is 4.96. The molecule has 0 aromatic carbocycles. The second-order valence-corrected chi connectivity index (χ2v) is 7.97. The molecule has 0 aromatic rings. The summed E-state index contributed by atoms with van der Waals surface area (Å²) in [5.74, 6) is -0.111. The van der Waals surface area contributed by atoms with E-state index in [1.807, 2.05) is 19.1 Å². The molecule has 1 amide bonds. The first-order valence-corrected chi connectivity index (χ1v) is 8.95. The Bertz CT molecular complexity index is 665. The molecule has 0 spiro atoms. The monoisotopic (exact) mass is 345 g/mol. The molecule has 1 aliphatic carbocycles. The van der Waals surface area contributed by atoms with E-state index in [-0.39, 0.29) is 35.7 Å². The minimum Gasteiger partial charge on any atom is -0.458 e. The van der Waals surface area contributed by atoms with Gasteiger partial charge in [0.25, 0.3) is 0 Å². The van der Waals surface area contributed by atoms with Crippen molar-refractivity contribution in [3.05, 3.63) is 36.0 Å². The van der Waals surface area contributed by atoms with Gasteiger partial charge in [-0.15, -0.1) is 0 Å². The van der Waals surface area contributed by atoms with E-state index in [2.05, 4.69) is 18.8 Å². The summed E-state index contributed by atoms with van der Waals surface area (Å²) in [4.78, 5) is 23.9. The van der Waals surface area contributed by atoms with Crippen molar-refractivity contribution in [2.75, 3.05) is 13.2 Å². The summed E-state index contributed by atoms with van der Waals surface area (Å²) in [7, 11) is 0. The number of amides is 1. The molecule has 4 atom stereocenters. The summed E-state index contributed by atoms with van der Waals surface area (Å²) in [6, 6.07) is 0. The van der Waals surface area contributed by atoms with E-state index in [1.165, 1.54) is 0 Å². The quantitative estimate of drug-likeness (QED) is 0.608. The van der Waals surface area contributed by atoms with Crippen molar-refractivity contribution >= 4 is 11.9 Å². The number of hydrogen-bond donors (Lipinski definition) is 2. The average Bonchev–Trinajstić information content (AvgIpc) is 2.93. The maximum atomic E-state index is 12.2. The lowest BCUT2D eigenvalue weighted by atomic mass is 9.53. The molecule has 3 aliphatic rings. The van der Waals surface area contributed by atoms with Gasteiger partial charge in [-0.25, -0.2) is 4.79 Å². The number of allylic oxidation sites excluding steroid dienone is 2. The fraction of sp³-hybridized carbons (Fsp3) is 0.600. The summed E-state index contributed by atoms with van der Waals surface area (Å²) in [5.41, 5.74) is 0.856. The Kier molecular flexibility index (Phi) is 4.62. The van der Waals surface area contributed by atoms with Crippen molar-refractivity contribution in [1.29, 1.82) is 0 Å². The summed E-state index contributed by atoms with van der Waals surface area (Å²) >= 11 is 0. The molecule has 2 aliphatic heterocycles. The summed E-state index contributed by atoms with van der Waals surface area (Å²) in [6.07, 6.45) is 8.56. The maximum absolute atomic E-state index is 12.2. The Morgan fingerprint density at radius 2 is 2.16 bits per heavy atom. The highest BCUT2D eigenvalue weighted by Crippen LogP contribution is 2.55. The molecule has 1 saturated carbocycles. The molecule has 136 valence electrons. The smallest absolute Gasteiger partial charge is 0.338 e. The van der Waals surface area contributed by atoms with Crippen LogP contribution in [0.25, 0.3) is 0 Å². The predicted octanol–water partition coefficient (Wildman–Crippen LogP) is 2.28. The maximum Gasteiger partial charge on any atom is 0.338 e. The van der Waals surface area contributed by atoms with Gasteiger partial charge in [0.2, 0.25) is 5.91 Å². The molecule has 2 fully saturated rings. The highest BCUT2D eigenvalue weighted by molar-refractivity contribution is 5.93.